The third-order valence-electron chi connectivity index (χ3n) is 4.74. The normalized spacial score (nSPS) is 20.7. The van der Waals surface area contributed by atoms with Gasteiger partial charge in [0.05, 0.1) is 0 Å². The van der Waals surface area contributed by atoms with Crippen LogP contribution in [0, 0.1) is 0 Å². The highest BCUT2D eigenvalue weighted by atomic mass is 16.5. The standard InChI is InChI=1S/C16H25N3O/c1-3-17-14-12-8-4-5-9-13(12)18-15(19-14)16(20-2)10-6-7-11-16/h3-11H2,1-2H3,(H,17,18,19). The molecular formula is C16H25N3O. The molecule has 0 aliphatic heterocycles. The van der Waals surface area contributed by atoms with Crippen LogP contribution >= 0.6 is 0 Å². The predicted molar refractivity (Wildman–Crippen MR) is 80.0 cm³/mol. The summed E-state index contributed by atoms with van der Waals surface area (Å²) in [4.78, 5) is 9.76. The Labute approximate surface area is 121 Å². The molecule has 0 saturated heterocycles. The first kappa shape index (κ1) is 13.8. The van der Waals surface area contributed by atoms with Gasteiger partial charge < -0.3 is 10.1 Å². The van der Waals surface area contributed by atoms with Crippen LogP contribution in [0.3, 0.4) is 0 Å². The number of fused-ring (bicyclic) bond motifs is 1. The molecule has 1 N–H and O–H groups in total. The molecule has 1 aromatic heterocycles. The van der Waals surface area contributed by atoms with Crippen molar-refractivity contribution in [3.8, 4) is 0 Å². The van der Waals surface area contributed by atoms with E-state index in [1.165, 1.54) is 36.9 Å². The van der Waals surface area contributed by atoms with Crippen LogP contribution in [0.25, 0.3) is 0 Å². The van der Waals surface area contributed by atoms with Gasteiger partial charge in [0.15, 0.2) is 5.82 Å². The van der Waals surface area contributed by atoms with E-state index in [1.54, 1.807) is 7.11 Å². The Morgan fingerprint density at radius 2 is 1.85 bits per heavy atom. The van der Waals surface area contributed by atoms with Gasteiger partial charge in [-0.1, -0.05) is 0 Å². The summed E-state index contributed by atoms with van der Waals surface area (Å²) in [5.41, 5.74) is 2.35. The fraction of sp³-hybridized carbons (Fsp3) is 0.750. The number of nitrogens with one attached hydrogen (secondary N) is 1. The molecule has 110 valence electrons. The first-order valence-electron chi connectivity index (χ1n) is 7.98. The third kappa shape index (κ3) is 2.30. The maximum absolute atomic E-state index is 5.86. The molecule has 0 radical (unpaired) electrons. The van der Waals surface area contributed by atoms with Crippen molar-refractivity contribution in [3.05, 3.63) is 17.1 Å². The second-order valence-corrected chi connectivity index (χ2v) is 5.96. The van der Waals surface area contributed by atoms with Gasteiger partial charge in [-0.2, -0.15) is 0 Å². The van der Waals surface area contributed by atoms with Gasteiger partial charge in [-0.15, -0.1) is 0 Å². The van der Waals surface area contributed by atoms with Crippen molar-refractivity contribution < 1.29 is 4.74 Å². The van der Waals surface area contributed by atoms with Crippen molar-refractivity contribution in [1.29, 1.82) is 0 Å². The summed E-state index contributed by atoms with van der Waals surface area (Å²) < 4.78 is 5.86. The van der Waals surface area contributed by atoms with Gasteiger partial charge in [0.1, 0.15) is 11.4 Å². The van der Waals surface area contributed by atoms with Gasteiger partial charge in [-0.25, -0.2) is 9.97 Å². The molecule has 0 aromatic carbocycles. The molecule has 1 fully saturated rings. The Hall–Kier alpha value is -1.16. The van der Waals surface area contributed by atoms with Crippen molar-refractivity contribution in [2.75, 3.05) is 19.0 Å². The summed E-state index contributed by atoms with van der Waals surface area (Å²) in [6.45, 7) is 3.03. The molecule has 0 amide bonds. The van der Waals surface area contributed by atoms with Gasteiger partial charge in [-0.3, -0.25) is 0 Å². The van der Waals surface area contributed by atoms with Crippen molar-refractivity contribution in [2.45, 2.75) is 63.9 Å². The predicted octanol–water partition coefficient (Wildman–Crippen LogP) is 3.20. The summed E-state index contributed by atoms with van der Waals surface area (Å²) >= 11 is 0. The Morgan fingerprint density at radius 3 is 2.55 bits per heavy atom. The number of nitrogens with zero attached hydrogens (tertiary/aromatic N) is 2. The zero-order valence-corrected chi connectivity index (χ0v) is 12.7. The van der Waals surface area contributed by atoms with Gasteiger partial charge in [0.2, 0.25) is 0 Å². The molecule has 1 aromatic rings. The van der Waals surface area contributed by atoms with E-state index in [0.29, 0.717) is 0 Å². The minimum atomic E-state index is -0.239. The maximum atomic E-state index is 5.86. The van der Waals surface area contributed by atoms with Crippen LogP contribution in [0.4, 0.5) is 5.82 Å². The molecule has 20 heavy (non-hydrogen) atoms. The average molecular weight is 275 g/mol. The van der Waals surface area contributed by atoms with E-state index in [2.05, 4.69) is 12.2 Å². The van der Waals surface area contributed by atoms with E-state index >= 15 is 0 Å². The highest BCUT2D eigenvalue weighted by Gasteiger charge is 2.39. The Kier molecular flexibility index (Phi) is 3.92. The number of aryl methyl sites for hydroxylation is 1. The third-order valence-corrected chi connectivity index (χ3v) is 4.74. The monoisotopic (exact) mass is 275 g/mol. The van der Waals surface area contributed by atoms with E-state index in [0.717, 1.165) is 43.9 Å². The second-order valence-electron chi connectivity index (χ2n) is 5.96. The van der Waals surface area contributed by atoms with Crippen LogP contribution in [-0.4, -0.2) is 23.6 Å². The molecule has 3 rings (SSSR count). The maximum Gasteiger partial charge on any atom is 0.162 e. The molecule has 0 unspecified atom stereocenters. The smallest absolute Gasteiger partial charge is 0.162 e. The Balaban J connectivity index is 2.05. The number of rotatable bonds is 4. The van der Waals surface area contributed by atoms with Gasteiger partial charge in [0.25, 0.3) is 0 Å². The largest absolute Gasteiger partial charge is 0.370 e. The van der Waals surface area contributed by atoms with E-state index in [9.17, 15) is 0 Å². The number of hydrogen-bond acceptors (Lipinski definition) is 4. The highest BCUT2D eigenvalue weighted by Crippen LogP contribution is 2.41. The summed E-state index contributed by atoms with van der Waals surface area (Å²) in [5, 5.41) is 3.43. The molecule has 0 bridgehead atoms. The lowest BCUT2D eigenvalue weighted by atomic mass is 9.94. The molecule has 2 aliphatic carbocycles. The zero-order chi connectivity index (χ0) is 14.0. The van der Waals surface area contributed by atoms with Gasteiger partial charge in [0, 0.05) is 24.9 Å². The lowest BCUT2D eigenvalue weighted by molar-refractivity contribution is -0.0164. The molecule has 0 atom stereocenters. The van der Waals surface area contributed by atoms with Crippen molar-refractivity contribution in [2.24, 2.45) is 0 Å². The van der Waals surface area contributed by atoms with Crippen molar-refractivity contribution in [3.63, 3.8) is 0 Å². The topological polar surface area (TPSA) is 47.0 Å². The number of hydrogen-bond donors (Lipinski definition) is 1. The lowest BCUT2D eigenvalue weighted by Crippen LogP contribution is -2.29. The Bertz CT molecular complexity index is 481. The van der Waals surface area contributed by atoms with Crippen molar-refractivity contribution in [1.82, 2.24) is 9.97 Å². The number of methoxy groups -OCH3 is 1. The Morgan fingerprint density at radius 1 is 1.10 bits per heavy atom. The number of aromatic nitrogens is 2. The fourth-order valence-corrected chi connectivity index (χ4v) is 3.58. The van der Waals surface area contributed by atoms with E-state index in [4.69, 9.17) is 14.7 Å². The fourth-order valence-electron chi connectivity index (χ4n) is 3.58. The van der Waals surface area contributed by atoms with E-state index in [-0.39, 0.29) is 5.60 Å². The van der Waals surface area contributed by atoms with E-state index in [1.807, 2.05) is 0 Å². The quantitative estimate of drug-likeness (QED) is 0.916. The molecule has 4 heteroatoms. The first-order chi connectivity index (χ1) is 9.79. The summed E-state index contributed by atoms with van der Waals surface area (Å²) in [6.07, 6.45) is 9.22. The summed E-state index contributed by atoms with van der Waals surface area (Å²) in [6, 6.07) is 0. The van der Waals surface area contributed by atoms with Crippen LogP contribution in [0.1, 0.15) is 62.5 Å². The van der Waals surface area contributed by atoms with Crippen LogP contribution in [0.2, 0.25) is 0 Å². The minimum Gasteiger partial charge on any atom is -0.370 e. The summed E-state index contributed by atoms with van der Waals surface area (Å²) in [7, 11) is 1.81. The molecular weight excluding hydrogens is 250 g/mol. The molecule has 2 aliphatic rings. The van der Waals surface area contributed by atoms with E-state index < -0.39 is 0 Å². The minimum absolute atomic E-state index is 0.239. The second kappa shape index (κ2) is 5.68. The molecule has 1 saturated carbocycles. The molecule has 4 nitrogen and oxygen atoms in total. The van der Waals surface area contributed by atoms with Gasteiger partial charge in [-0.05, 0) is 58.3 Å². The van der Waals surface area contributed by atoms with Crippen molar-refractivity contribution >= 4 is 5.82 Å². The van der Waals surface area contributed by atoms with Crippen LogP contribution in [-0.2, 0) is 23.2 Å². The average Bonchev–Trinajstić information content (AvgIpc) is 2.97. The molecule has 1 heterocycles. The number of anilines is 1. The summed E-state index contributed by atoms with van der Waals surface area (Å²) in [5.74, 6) is 1.96. The van der Waals surface area contributed by atoms with Crippen LogP contribution in [0.15, 0.2) is 0 Å². The first-order valence-corrected chi connectivity index (χ1v) is 7.98. The molecule has 0 spiro atoms. The SMILES string of the molecule is CCNc1nc(C2(OC)CCCC2)nc2c1CCCC2. The van der Waals surface area contributed by atoms with Gasteiger partial charge >= 0.3 is 0 Å². The van der Waals surface area contributed by atoms with Crippen LogP contribution in [0.5, 0.6) is 0 Å². The highest BCUT2D eigenvalue weighted by molar-refractivity contribution is 5.48. The van der Waals surface area contributed by atoms with Crippen LogP contribution < -0.4 is 5.32 Å². The number of ether oxygens (including phenoxy) is 1. The lowest BCUT2D eigenvalue weighted by Gasteiger charge is -2.28. The zero-order valence-electron chi connectivity index (χ0n) is 12.7.